The van der Waals surface area contributed by atoms with E-state index in [9.17, 15) is 4.79 Å². The van der Waals surface area contributed by atoms with Crippen LogP contribution in [0.2, 0.25) is 19.6 Å². The minimum Gasteiger partial charge on any atom is -0.381 e. The van der Waals surface area contributed by atoms with Gasteiger partial charge >= 0.3 is 0 Å². The summed E-state index contributed by atoms with van der Waals surface area (Å²) in [5.74, 6) is 4.70. The van der Waals surface area contributed by atoms with Crippen molar-refractivity contribution < 1.29 is 4.79 Å². The Kier molecular flexibility index (Phi) is 4.61. The lowest BCUT2D eigenvalue weighted by atomic mass is 10.1. The van der Waals surface area contributed by atoms with E-state index in [-0.39, 0.29) is 11.9 Å². The first kappa shape index (κ1) is 19.8. The second kappa shape index (κ2) is 7.22. The first-order valence-electron chi connectivity index (χ1n) is 10.3. The first-order valence-corrected chi connectivity index (χ1v) is 14.6. The van der Waals surface area contributed by atoms with E-state index in [0.717, 1.165) is 37.4 Å². The van der Waals surface area contributed by atoms with Crippen molar-refractivity contribution in [2.45, 2.75) is 32.6 Å². The fourth-order valence-corrected chi connectivity index (χ4v) is 5.26. The topological polar surface area (TPSA) is 71.8 Å². The normalized spacial score (nSPS) is 16.3. The van der Waals surface area contributed by atoms with Crippen LogP contribution >= 0.6 is 11.3 Å². The Hall–Kier alpha value is -3.15. The van der Waals surface area contributed by atoms with Gasteiger partial charge in [0.1, 0.15) is 18.8 Å². The van der Waals surface area contributed by atoms with Crippen LogP contribution in [-0.4, -0.2) is 41.1 Å². The van der Waals surface area contributed by atoms with Gasteiger partial charge in [0, 0.05) is 40.5 Å². The number of carbonyl (C=O) groups excluding carboxylic acids is 1. The standard InChI is InChI=1S/C23H23N5OSSi/c1-14-13-25-21-20-15-5-8-19(28-11-10-24-18(28)9-12-31(2,3)4)27-16(15)6-7-17(20)30-22(21)23(29)26-14/h5-8,10-11,14,25H,13H2,1-4H3,(H,26,29)/t14-/m1/s1. The van der Waals surface area contributed by atoms with Crippen LogP contribution in [-0.2, 0) is 0 Å². The quantitative estimate of drug-likeness (QED) is 0.336. The molecule has 0 saturated heterocycles. The Balaban J connectivity index is 1.65. The minimum atomic E-state index is -1.51. The third kappa shape index (κ3) is 3.60. The molecule has 0 saturated carbocycles. The smallest absolute Gasteiger partial charge is 0.263 e. The zero-order chi connectivity index (χ0) is 21.8. The number of benzene rings is 1. The maximum atomic E-state index is 12.6. The van der Waals surface area contributed by atoms with E-state index in [1.807, 2.05) is 35.9 Å². The van der Waals surface area contributed by atoms with E-state index in [2.05, 4.69) is 52.8 Å². The Morgan fingerprint density at radius 1 is 1.23 bits per heavy atom. The lowest BCUT2D eigenvalue weighted by Gasteiger charge is -2.10. The number of hydrogen-bond acceptors (Lipinski definition) is 5. The summed E-state index contributed by atoms with van der Waals surface area (Å²) in [7, 11) is -1.51. The summed E-state index contributed by atoms with van der Waals surface area (Å²) >= 11 is 1.52. The van der Waals surface area contributed by atoms with Gasteiger partial charge in [-0.15, -0.1) is 16.9 Å². The van der Waals surface area contributed by atoms with Crippen LogP contribution in [0, 0.1) is 11.5 Å². The molecule has 0 unspecified atom stereocenters. The van der Waals surface area contributed by atoms with Crippen molar-refractivity contribution in [3.05, 3.63) is 47.4 Å². The summed E-state index contributed by atoms with van der Waals surface area (Å²) in [5, 5.41) is 8.60. The van der Waals surface area contributed by atoms with E-state index in [0.29, 0.717) is 12.4 Å². The molecule has 8 heteroatoms. The highest BCUT2D eigenvalue weighted by molar-refractivity contribution is 7.21. The average Bonchev–Trinajstić information content (AvgIpc) is 3.31. The van der Waals surface area contributed by atoms with Crippen molar-refractivity contribution in [2.24, 2.45) is 0 Å². The highest BCUT2D eigenvalue weighted by atomic mass is 32.1. The monoisotopic (exact) mass is 445 g/mol. The van der Waals surface area contributed by atoms with E-state index in [4.69, 9.17) is 4.98 Å². The lowest BCUT2D eigenvalue weighted by Crippen LogP contribution is -2.34. The number of pyridine rings is 1. The molecule has 2 N–H and O–H groups in total. The van der Waals surface area contributed by atoms with Crippen LogP contribution in [0.5, 0.6) is 0 Å². The summed E-state index contributed by atoms with van der Waals surface area (Å²) in [6, 6.07) is 8.22. The lowest BCUT2D eigenvalue weighted by molar-refractivity contribution is 0.0949. The molecule has 5 rings (SSSR count). The maximum Gasteiger partial charge on any atom is 0.263 e. The summed E-state index contributed by atoms with van der Waals surface area (Å²) < 4.78 is 3.01. The Morgan fingerprint density at radius 3 is 2.87 bits per heavy atom. The predicted molar refractivity (Wildman–Crippen MR) is 130 cm³/mol. The van der Waals surface area contributed by atoms with Gasteiger partial charge in [-0.1, -0.05) is 19.6 Å². The molecule has 156 valence electrons. The van der Waals surface area contributed by atoms with Crippen molar-refractivity contribution in [2.75, 3.05) is 11.9 Å². The Bertz CT molecular complexity index is 1400. The molecule has 1 aliphatic heterocycles. The van der Waals surface area contributed by atoms with Crippen LogP contribution in [0.15, 0.2) is 36.7 Å². The number of amides is 1. The van der Waals surface area contributed by atoms with Crippen LogP contribution in [0.1, 0.15) is 22.4 Å². The van der Waals surface area contributed by atoms with Crippen LogP contribution in [0.3, 0.4) is 0 Å². The zero-order valence-corrected chi connectivity index (χ0v) is 19.7. The van der Waals surface area contributed by atoms with Gasteiger partial charge < -0.3 is 10.6 Å². The van der Waals surface area contributed by atoms with Crippen molar-refractivity contribution >= 4 is 52.0 Å². The highest BCUT2D eigenvalue weighted by Crippen LogP contribution is 2.40. The molecule has 6 nitrogen and oxygen atoms in total. The van der Waals surface area contributed by atoms with Crippen LogP contribution < -0.4 is 10.6 Å². The summed E-state index contributed by atoms with van der Waals surface area (Å²) in [6.07, 6.45) is 3.65. The van der Waals surface area contributed by atoms with Gasteiger partial charge in [0.25, 0.3) is 5.91 Å². The Morgan fingerprint density at radius 2 is 2.06 bits per heavy atom. The molecule has 1 aromatic carbocycles. The number of fused-ring (bicyclic) bond motifs is 5. The average molecular weight is 446 g/mol. The molecule has 31 heavy (non-hydrogen) atoms. The number of imidazole rings is 1. The summed E-state index contributed by atoms with van der Waals surface area (Å²) in [6.45, 7) is 9.34. The van der Waals surface area contributed by atoms with E-state index < -0.39 is 8.07 Å². The van der Waals surface area contributed by atoms with E-state index in [1.165, 1.54) is 11.3 Å². The first-order chi connectivity index (χ1) is 14.8. The number of aromatic nitrogens is 3. The Labute approximate surface area is 185 Å². The van der Waals surface area contributed by atoms with Gasteiger partial charge in [-0.05, 0) is 37.1 Å². The van der Waals surface area contributed by atoms with Gasteiger partial charge in [0.15, 0.2) is 5.82 Å². The molecule has 3 aromatic heterocycles. The van der Waals surface area contributed by atoms with Crippen molar-refractivity contribution in [3.8, 4) is 17.3 Å². The van der Waals surface area contributed by atoms with Gasteiger partial charge in [0.05, 0.1) is 11.2 Å². The summed E-state index contributed by atoms with van der Waals surface area (Å²) in [5.41, 5.74) is 5.16. The zero-order valence-electron chi connectivity index (χ0n) is 17.9. The second-order valence-electron chi connectivity index (χ2n) is 8.86. The van der Waals surface area contributed by atoms with Gasteiger partial charge in [-0.25, -0.2) is 9.97 Å². The third-order valence-electron chi connectivity index (χ3n) is 5.11. The minimum absolute atomic E-state index is 0.0181. The van der Waals surface area contributed by atoms with Crippen molar-refractivity contribution in [3.63, 3.8) is 0 Å². The molecule has 1 aliphatic rings. The molecule has 4 aromatic rings. The number of nitrogens with zero attached hydrogens (tertiary/aromatic N) is 3. The number of carbonyl (C=O) groups is 1. The van der Waals surface area contributed by atoms with Crippen LogP contribution in [0.4, 0.5) is 5.69 Å². The third-order valence-corrected chi connectivity index (χ3v) is 7.14. The van der Waals surface area contributed by atoms with Crippen molar-refractivity contribution in [1.29, 1.82) is 0 Å². The largest absolute Gasteiger partial charge is 0.381 e. The predicted octanol–water partition coefficient (Wildman–Crippen LogP) is 4.41. The number of hydrogen-bond donors (Lipinski definition) is 2. The molecule has 0 fully saturated rings. The molecule has 0 radical (unpaired) electrons. The highest BCUT2D eigenvalue weighted by Gasteiger charge is 2.24. The molecule has 0 aliphatic carbocycles. The summed E-state index contributed by atoms with van der Waals surface area (Å²) in [4.78, 5) is 22.7. The molecule has 1 amide bonds. The molecule has 0 bridgehead atoms. The number of nitrogens with one attached hydrogen (secondary N) is 2. The SMILES string of the molecule is C[C@@H]1CNc2c(sc3ccc4nc(-n5ccnc5C#C[Si](C)(C)C)ccc4c23)C(=O)N1. The van der Waals surface area contributed by atoms with Gasteiger partial charge in [0.2, 0.25) is 0 Å². The van der Waals surface area contributed by atoms with Gasteiger partial charge in [-0.2, -0.15) is 0 Å². The number of rotatable bonds is 1. The fraction of sp³-hybridized carbons (Fsp3) is 0.261. The van der Waals surface area contributed by atoms with Crippen LogP contribution in [0.25, 0.3) is 26.8 Å². The molecular formula is C23H23N5OSSi. The van der Waals surface area contributed by atoms with Crippen molar-refractivity contribution in [1.82, 2.24) is 19.9 Å². The van der Waals surface area contributed by atoms with Gasteiger partial charge in [-0.3, -0.25) is 9.36 Å². The fourth-order valence-electron chi connectivity index (χ4n) is 3.67. The molecule has 4 heterocycles. The maximum absolute atomic E-state index is 12.6. The molecule has 1 atom stereocenters. The second-order valence-corrected chi connectivity index (χ2v) is 14.7. The van der Waals surface area contributed by atoms with E-state index >= 15 is 0 Å². The van der Waals surface area contributed by atoms with E-state index in [1.54, 1.807) is 6.20 Å². The molecular weight excluding hydrogens is 422 g/mol. The molecule has 0 spiro atoms. The number of thiophene rings is 1. The number of anilines is 1.